The Labute approximate surface area is 108 Å². The fourth-order valence-corrected chi connectivity index (χ4v) is 3.53. The Morgan fingerprint density at radius 3 is 2.88 bits per heavy atom. The van der Waals surface area contributed by atoms with Crippen LogP contribution in [0.5, 0.6) is 0 Å². The lowest BCUT2D eigenvalue weighted by Crippen LogP contribution is -2.40. The molecule has 1 N–H and O–H groups in total. The van der Waals surface area contributed by atoms with Gasteiger partial charge in [-0.3, -0.25) is 4.68 Å². The van der Waals surface area contributed by atoms with E-state index in [1.807, 2.05) is 29.7 Å². The summed E-state index contributed by atoms with van der Waals surface area (Å²) in [5.41, 5.74) is 2.60. The molecule has 1 aromatic rings. The Kier molecular flexibility index (Phi) is 4.51. The standard InChI is InChI=1S/C13H23N3S/c1-10-11(9-15-16(10)2)8-14-12-6-4-5-7-13(12)17-3/h9,12-14H,4-8H2,1-3H3. The molecule has 0 amide bonds. The highest BCUT2D eigenvalue weighted by molar-refractivity contribution is 7.99. The number of nitrogens with one attached hydrogen (secondary N) is 1. The summed E-state index contributed by atoms with van der Waals surface area (Å²) in [6, 6.07) is 0.679. The van der Waals surface area contributed by atoms with Crippen LogP contribution >= 0.6 is 11.8 Å². The van der Waals surface area contributed by atoms with Crippen LogP contribution in [0.25, 0.3) is 0 Å². The Balaban J connectivity index is 1.90. The van der Waals surface area contributed by atoms with Crippen molar-refractivity contribution < 1.29 is 0 Å². The molecule has 0 aliphatic heterocycles. The van der Waals surface area contributed by atoms with Crippen molar-refractivity contribution in [2.75, 3.05) is 6.26 Å². The van der Waals surface area contributed by atoms with Crippen LogP contribution in [0.1, 0.15) is 36.9 Å². The van der Waals surface area contributed by atoms with Gasteiger partial charge in [-0.05, 0) is 26.0 Å². The van der Waals surface area contributed by atoms with Gasteiger partial charge in [-0.25, -0.2) is 0 Å². The number of aryl methyl sites for hydroxylation is 1. The molecule has 1 aromatic heterocycles. The first-order valence-electron chi connectivity index (χ1n) is 6.46. The van der Waals surface area contributed by atoms with Gasteiger partial charge >= 0.3 is 0 Å². The summed E-state index contributed by atoms with van der Waals surface area (Å²) in [7, 11) is 2.00. The van der Waals surface area contributed by atoms with E-state index in [9.17, 15) is 0 Å². The van der Waals surface area contributed by atoms with E-state index in [4.69, 9.17) is 0 Å². The summed E-state index contributed by atoms with van der Waals surface area (Å²) in [4.78, 5) is 0. The van der Waals surface area contributed by atoms with Crippen LogP contribution in [0.4, 0.5) is 0 Å². The number of rotatable bonds is 4. The minimum Gasteiger partial charge on any atom is -0.309 e. The van der Waals surface area contributed by atoms with E-state index >= 15 is 0 Å². The quantitative estimate of drug-likeness (QED) is 0.894. The molecule has 4 heteroatoms. The van der Waals surface area contributed by atoms with Gasteiger partial charge in [0.25, 0.3) is 0 Å². The van der Waals surface area contributed by atoms with Crippen LogP contribution in [0.3, 0.4) is 0 Å². The molecule has 1 aliphatic rings. The van der Waals surface area contributed by atoms with Gasteiger partial charge in [-0.2, -0.15) is 16.9 Å². The normalized spacial score (nSPS) is 25.1. The second-order valence-electron chi connectivity index (χ2n) is 4.92. The average Bonchev–Trinajstić information content (AvgIpc) is 2.68. The van der Waals surface area contributed by atoms with Crippen molar-refractivity contribution in [3.05, 3.63) is 17.5 Å². The van der Waals surface area contributed by atoms with Gasteiger partial charge in [0.15, 0.2) is 0 Å². The van der Waals surface area contributed by atoms with E-state index in [2.05, 4.69) is 23.6 Å². The van der Waals surface area contributed by atoms with Gasteiger partial charge in [0.2, 0.25) is 0 Å². The predicted octanol–water partition coefficient (Wildman–Crippen LogP) is 2.49. The molecule has 0 aromatic carbocycles. The zero-order valence-electron chi connectivity index (χ0n) is 11.1. The van der Waals surface area contributed by atoms with Gasteiger partial charge in [-0.15, -0.1) is 0 Å². The SMILES string of the molecule is CSC1CCCCC1NCc1cnn(C)c1C. The van der Waals surface area contributed by atoms with E-state index < -0.39 is 0 Å². The summed E-state index contributed by atoms with van der Waals surface area (Å²) in [5, 5.41) is 8.80. The lowest BCUT2D eigenvalue weighted by Gasteiger charge is -2.31. The predicted molar refractivity (Wildman–Crippen MR) is 74.3 cm³/mol. The third-order valence-electron chi connectivity index (χ3n) is 3.90. The summed E-state index contributed by atoms with van der Waals surface area (Å²) in [6.07, 6.45) is 9.69. The first kappa shape index (κ1) is 13.0. The zero-order valence-corrected chi connectivity index (χ0v) is 11.9. The summed E-state index contributed by atoms with van der Waals surface area (Å²) in [6.45, 7) is 3.10. The maximum atomic E-state index is 4.29. The van der Waals surface area contributed by atoms with Crippen LogP contribution in [-0.4, -0.2) is 27.3 Å². The second-order valence-corrected chi connectivity index (χ2v) is 6.00. The van der Waals surface area contributed by atoms with E-state index in [0.717, 1.165) is 11.8 Å². The van der Waals surface area contributed by atoms with Crippen LogP contribution in [-0.2, 0) is 13.6 Å². The van der Waals surface area contributed by atoms with E-state index in [1.165, 1.54) is 36.9 Å². The number of thioether (sulfide) groups is 1. The van der Waals surface area contributed by atoms with Crippen LogP contribution in [0, 0.1) is 6.92 Å². The zero-order chi connectivity index (χ0) is 12.3. The van der Waals surface area contributed by atoms with Gasteiger partial charge < -0.3 is 5.32 Å². The van der Waals surface area contributed by atoms with Gasteiger partial charge in [0.05, 0.1) is 6.20 Å². The fourth-order valence-electron chi connectivity index (χ4n) is 2.57. The Bertz CT molecular complexity index is 362. The van der Waals surface area contributed by atoms with E-state index in [0.29, 0.717) is 6.04 Å². The van der Waals surface area contributed by atoms with Crippen molar-refractivity contribution in [3.63, 3.8) is 0 Å². The molecule has 1 fully saturated rings. The van der Waals surface area contributed by atoms with Gasteiger partial charge in [-0.1, -0.05) is 12.8 Å². The topological polar surface area (TPSA) is 29.9 Å². The maximum absolute atomic E-state index is 4.29. The third-order valence-corrected chi connectivity index (χ3v) is 5.07. The molecule has 2 atom stereocenters. The number of hydrogen-bond donors (Lipinski definition) is 1. The van der Waals surface area contributed by atoms with Crippen LogP contribution in [0.15, 0.2) is 6.20 Å². The van der Waals surface area contributed by atoms with Crippen LogP contribution in [0.2, 0.25) is 0 Å². The number of nitrogens with zero attached hydrogens (tertiary/aromatic N) is 2. The molecule has 1 saturated carbocycles. The second kappa shape index (κ2) is 5.91. The Morgan fingerprint density at radius 1 is 1.47 bits per heavy atom. The van der Waals surface area contributed by atoms with Crippen LogP contribution < -0.4 is 5.32 Å². The first-order chi connectivity index (χ1) is 8.22. The van der Waals surface area contributed by atoms with Crippen molar-refractivity contribution >= 4 is 11.8 Å². The van der Waals surface area contributed by atoms with Crippen molar-refractivity contribution in [2.24, 2.45) is 7.05 Å². The third kappa shape index (κ3) is 3.05. The molecule has 0 bridgehead atoms. The molecule has 0 saturated heterocycles. The Morgan fingerprint density at radius 2 is 2.24 bits per heavy atom. The van der Waals surface area contributed by atoms with E-state index in [-0.39, 0.29) is 0 Å². The molecular formula is C13H23N3S. The molecule has 1 aliphatic carbocycles. The van der Waals surface area contributed by atoms with Crippen molar-refractivity contribution in [2.45, 2.75) is 50.4 Å². The average molecular weight is 253 g/mol. The minimum atomic E-state index is 0.679. The number of aromatic nitrogens is 2. The molecule has 96 valence electrons. The largest absolute Gasteiger partial charge is 0.309 e. The molecule has 0 radical (unpaired) electrons. The van der Waals surface area contributed by atoms with Crippen molar-refractivity contribution in [3.8, 4) is 0 Å². The lowest BCUT2D eigenvalue weighted by atomic mass is 9.94. The molecular weight excluding hydrogens is 230 g/mol. The van der Waals surface area contributed by atoms with Crippen molar-refractivity contribution in [1.82, 2.24) is 15.1 Å². The summed E-state index contributed by atoms with van der Waals surface area (Å²) < 4.78 is 1.95. The molecule has 1 heterocycles. The first-order valence-corrected chi connectivity index (χ1v) is 7.75. The summed E-state index contributed by atoms with van der Waals surface area (Å²) >= 11 is 2.02. The molecule has 0 spiro atoms. The highest BCUT2D eigenvalue weighted by atomic mass is 32.2. The maximum Gasteiger partial charge on any atom is 0.0537 e. The highest BCUT2D eigenvalue weighted by Crippen LogP contribution is 2.27. The fraction of sp³-hybridized carbons (Fsp3) is 0.769. The lowest BCUT2D eigenvalue weighted by molar-refractivity contribution is 0.383. The monoisotopic (exact) mass is 253 g/mol. The van der Waals surface area contributed by atoms with Crippen molar-refractivity contribution in [1.29, 1.82) is 0 Å². The van der Waals surface area contributed by atoms with Gasteiger partial charge in [0.1, 0.15) is 0 Å². The highest BCUT2D eigenvalue weighted by Gasteiger charge is 2.23. The van der Waals surface area contributed by atoms with Gasteiger partial charge in [0, 0.05) is 36.1 Å². The Hall–Kier alpha value is -0.480. The molecule has 3 nitrogen and oxygen atoms in total. The number of hydrogen-bond acceptors (Lipinski definition) is 3. The smallest absolute Gasteiger partial charge is 0.0537 e. The summed E-state index contributed by atoms with van der Waals surface area (Å²) in [5.74, 6) is 0. The molecule has 2 unspecified atom stereocenters. The molecule has 17 heavy (non-hydrogen) atoms. The molecule has 2 rings (SSSR count). The van der Waals surface area contributed by atoms with E-state index in [1.54, 1.807) is 0 Å². The minimum absolute atomic E-state index is 0.679.